The number of amides is 1. The maximum absolute atomic E-state index is 10.9. The standard InChI is InChI=1S/C6H11NO2S.C5H10N2OS/c1-9-6(8)5-4-10-3-2-7-5;6-5(8)4-3-9-2-1-7-4/h5,7H,2-4H2,1H3;4,7H,1-3H2,(H2,6,8)/t5-;4-/m00/s1. The van der Waals surface area contributed by atoms with Crippen molar-refractivity contribution in [1.29, 1.82) is 0 Å². The highest BCUT2D eigenvalue weighted by Gasteiger charge is 2.20. The van der Waals surface area contributed by atoms with Gasteiger partial charge in [-0.2, -0.15) is 23.5 Å². The highest BCUT2D eigenvalue weighted by atomic mass is 32.2. The van der Waals surface area contributed by atoms with Crippen LogP contribution >= 0.6 is 23.5 Å². The second-order valence-corrected chi connectivity index (χ2v) is 6.39. The number of nitrogens with one attached hydrogen (secondary N) is 2. The summed E-state index contributed by atoms with van der Waals surface area (Å²) in [7, 11) is 1.42. The number of nitrogens with two attached hydrogens (primary N) is 1. The molecule has 0 unspecified atom stereocenters. The van der Waals surface area contributed by atoms with Crippen LogP contribution in [0.3, 0.4) is 0 Å². The van der Waals surface area contributed by atoms with Gasteiger partial charge in [0.1, 0.15) is 6.04 Å². The number of esters is 1. The zero-order valence-corrected chi connectivity index (χ0v) is 12.6. The molecule has 0 radical (unpaired) electrons. The molecule has 0 aliphatic carbocycles. The largest absolute Gasteiger partial charge is 0.468 e. The SMILES string of the molecule is COC(=O)[C@@H]1CSCCN1.NC(=O)[C@@H]1CSCCN1. The first-order valence-corrected chi connectivity index (χ1v) is 8.45. The van der Waals surface area contributed by atoms with Gasteiger partial charge < -0.3 is 21.1 Å². The maximum Gasteiger partial charge on any atom is 0.323 e. The molecule has 0 aromatic carbocycles. The van der Waals surface area contributed by atoms with Crippen molar-refractivity contribution in [1.82, 2.24) is 10.6 Å². The molecule has 0 bridgehead atoms. The summed E-state index contributed by atoms with van der Waals surface area (Å²) >= 11 is 3.55. The molecule has 0 aromatic heterocycles. The molecule has 2 saturated heterocycles. The molecular weight excluding hydrogens is 286 g/mol. The summed E-state index contributed by atoms with van der Waals surface area (Å²) < 4.78 is 4.57. The average molecular weight is 307 g/mol. The number of methoxy groups -OCH3 is 1. The van der Waals surface area contributed by atoms with Gasteiger partial charge in [0.15, 0.2) is 0 Å². The first kappa shape index (κ1) is 16.6. The Bertz CT molecular complexity index is 293. The van der Waals surface area contributed by atoms with E-state index in [1.54, 1.807) is 23.5 Å². The maximum atomic E-state index is 10.9. The van der Waals surface area contributed by atoms with Crippen LogP contribution in [0, 0.1) is 0 Å². The zero-order valence-electron chi connectivity index (χ0n) is 11.0. The van der Waals surface area contributed by atoms with Gasteiger partial charge in [0.05, 0.1) is 13.2 Å². The van der Waals surface area contributed by atoms with Crippen LogP contribution in [0.15, 0.2) is 0 Å². The van der Waals surface area contributed by atoms with E-state index in [9.17, 15) is 9.59 Å². The lowest BCUT2D eigenvalue weighted by atomic mass is 10.3. The Labute approximate surface area is 122 Å². The van der Waals surface area contributed by atoms with Crippen molar-refractivity contribution >= 4 is 35.4 Å². The molecule has 2 fully saturated rings. The van der Waals surface area contributed by atoms with Crippen molar-refractivity contribution in [2.75, 3.05) is 43.2 Å². The number of hydrogen-bond acceptors (Lipinski definition) is 7. The monoisotopic (exact) mass is 307 g/mol. The van der Waals surface area contributed by atoms with E-state index in [1.807, 2.05) is 0 Å². The summed E-state index contributed by atoms with van der Waals surface area (Å²) in [5.74, 6) is 3.47. The smallest absolute Gasteiger partial charge is 0.323 e. The number of primary amides is 1. The molecule has 2 aliphatic rings. The number of hydrogen-bond donors (Lipinski definition) is 3. The quantitative estimate of drug-likeness (QED) is 0.566. The van der Waals surface area contributed by atoms with Crippen molar-refractivity contribution in [2.24, 2.45) is 5.73 Å². The minimum Gasteiger partial charge on any atom is -0.468 e. The van der Waals surface area contributed by atoms with Gasteiger partial charge >= 0.3 is 5.97 Å². The van der Waals surface area contributed by atoms with E-state index in [1.165, 1.54) is 7.11 Å². The lowest BCUT2D eigenvalue weighted by Crippen LogP contribution is -2.46. The number of rotatable bonds is 2. The van der Waals surface area contributed by atoms with Gasteiger partial charge in [0.2, 0.25) is 5.91 Å². The molecule has 2 aliphatic heterocycles. The van der Waals surface area contributed by atoms with E-state index in [2.05, 4.69) is 15.4 Å². The van der Waals surface area contributed by atoms with Crippen LogP contribution in [0.2, 0.25) is 0 Å². The lowest BCUT2D eigenvalue weighted by molar-refractivity contribution is -0.142. The summed E-state index contributed by atoms with van der Waals surface area (Å²) in [6, 6.07) is -0.174. The van der Waals surface area contributed by atoms with Crippen LogP contribution in [-0.4, -0.2) is 67.2 Å². The molecular formula is C11H21N3O3S2. The van der Waals surface area contributed by atoms with Gasteiger partial charge in [-0.25, -0.2) is 0 Å². The molecule has 110 valence electrons. The van der Waals surface area contributed by atoms with Gasteiger partial charge in [-0.1, -0.05) is 0 Å². The predicted octanol–water partition coefficient (Wildman–Crippen LogP) is -0.959. The second-order valence-electron chi connectivity index (χ2n) is 4.09. The Morgan fingerprint density at radius 3 is 1.95 bits per heavy atom. The summed E-state index contributed by atoms with van der Waals surface area (Å²) in [4.78, 5) is 21.4. The highest BCUT2D eigenvalue weighted by Crippen LogP contribution is 2.08. The van der Waals surface area contributed by atoms with Crippen molar-refractivity contribution < 1.29 is 14.3 Å². The number of carbonyl (C=O) groups excluding carboxylic acids is 2. The normalized spacial score (nSPS) is 26.8. The Morgan fingerprint density at radius 2 is 1.63 bits per heavy atom. The molecule has 1 amide bonds. The van der Waals surface area contributed by atoms with Crippen LogP contribution in [-0.2, 0) is 14.3 Å². The van der Waals surface area contributed by atoms with E-state index in [-0.39, 0.29) is 24.0 Å². The molecule has 4 N–H and O–H groups in total. The summed E-state index contributed by atoms with van der Waals surface area (Å²) in [5, 5.41) is 6.10. The van der Waals surface area contributed by atoms with E-state index in [0.29, 0.717) is 0 Å². The van der Waals surface area contributed by atoms with Crippen molar-refractivity contribution in [3.8, 4) is 0 Å². The fourth-order valence-electron chi connectivity index (χ4n) is 1.61. The minimum atomic E-state index is -0.234. The number of thioether (sulfide) groups is 2. The first-order valence-electron chi connectivity index (χ1n) is 6.14. The van der Waals surface area contributed by atoms with E-state index in [4.69, 9.17) is 5.73 Å². The summed E-state index contributed by atoms with van der Waals surface area (Å²) in [5.41, 5.74) is 5.05. The third kappa shape index (κ3) is 6.51. The Hall–Kier alpha value is -0.440. The van der Waals surface area contributed by atoms with Crippen molar-refractivity contribution in [2.45, 2.75) is 12.1 Å². The Balaban J connectivity index is 0.000000191. The highest BCUT2D eigenvalue weighted by molar-refractivity contribution is 7.99. The van der Waals surface area contributed by atoms with Gasteiger partial charge in [-0.3, -0.25) is 9.59 Å². The molecule has 2 atom stereocenters. The minimum absolute atomic E-state index is 0.0799. The third-order valence-electron chi connectivity index (χ3n) is 2.67. The number of carbonyl (C=O) groups is 2. The molecule has 19 heavy (non-hydrogen) atoms. The third-order valence-corrected chi connectivity index (χ3v) is 4.80. The lowest BCUT2D eigenvalue weighted by Gasteiger charge is -2.20. The predicted molar refractivity (Wildman–Crippen MR) is 79.4 cm³/mol. The average Bonchev–Trinajstić information content (AvgIpc) is 2.49. The molecule has 0 spiro atoms. The van der Waals surface area contributed by atoms with Crippen LogP contribution < -0.4 is 16.4 Å². The van der Waals surface area contributed by atoms with Crippen molar-refractivity contribution in [3.05, 3.63) is 0 Å². The molecule has 2 rings (SSSR count). The zero-order chi connectivity index (χ0) is 14.1. The molecule has 0 aromatic rings. The van der Waals surface area contributed by atoms with Crippen LogP contribution in [0.1, 0.15) is 0 Å². The molecule has 6 nitrogen and oxygen atoms in total. The molecule has 2 heterocycles. The Kier molecular flexibility index (Phi) is 8.27. The topological polar surface area (TPSA) is 93.4 Å². The summed E-state index contributed by atoms with van der Waals surface area (Å²) in [6.45, 7) is 1.81. The fraction of sp³-hybridized carbons (Fsp3) is 0.818. The number of ether oxygens (including phenoxy) is 1. The van der Waals surface area contributed by atoms with E-state index >= 15 is 0 Å². The van der Waals surface area contributed by atoms with E-state index < -0.39 is 0 Å². The summed E-state index contributed by atoms with van der Waals surface area (Å²) in [6.07, 6.45) is 0. The molecule has 8 heteroatoms. The van der Waals surface area contributed by atoms with Crippen LogP contribution in [0.5, 0.6) is 0 Å². The van der Waals surface area contributed by atoms with Gasteiger partial charge in [-0.15, -0.1) is 0 Å². The second kappa shape index (κ2) is 9.46. The molecule has 0 saturated carbocycles. The van der Waals surface area contributed by atoms with Gasteiger partial charge in [-0.05, 0) is 0 Å². The van der Waals surface area contributed by atoms with Gasteiger partial charge in [0, 0.05) is 36.1 Å². The van der Waals surface area contributed by atoms with Crippen molar-refractivity contribution in [3.63, 3.8) is 0 Å². The van der Waals surface area contributed by atoms with Gasteiger partial charge in [0.25, 0.3) is 0 Å². The van der Waals surface area contributed by atoms with Crippen LogP contribution in [0.25, 0.3) is 0 Å². The first-order chi connectivity index (χ1) is 9.15. The fourth-order valence-corrected chi connectivity index (χ4v) is 3.47. The van der Waals surface area contributed by atoms with Crippen LogP contribution in [0.4, 0.5) is 0 Å². The van der Waals surface area contributed by atoms with E-state index in [0.717, 1.165) is 36.1 Å². The Morgan fingerprint density at radius 1 is 1.11 bits per heavy atom.